The highest BCUT2D eigenvalue weighted by molar-refractivity contribution is 5.96. The van der Waals surface area contributed by atoms with E-state index in [0.717, 1.165) is 28.2 Å². The molecular formula is C22H25NO6. The van der Waals surface area contributed by atoms with Crippen LogP contribution in [0.5, 0.6) is 11.5 Å². The molecule has 2 aromatic carbocycles. The van der Waals surface area contributed by atoms with Crippen LogP contribution in [0.25, 0.3) is 0 Å². The molecule has 0 radical (unpaired) electrons. The second-order valence-electron chi connectivity index (χ2n) is 7.54. The predicted octanol–water partition coefficient (Wildman–Crippen LogP) is 3.46. The van der Waals surface area contributed by atoms with Crippen LogP contribution in [-0.4, -0.2) is 30.2 Å². The Morgan fingerprint density at radius 3 is 2.76 bits per heavy atom. The molecule has 0 aromatic heterocycles. The van der Waals surface area contributed by atoms with Gasteiger partial charge in [0.15, 0.2) is 0 Å². The Morgan fingerprint density at radius 1 is 1.28 bits per heavy atom. The van der Waals surface area contributed by atoms with E-state index >= 15 is 0 Å². The van der Waals surface area contributed by atoms with Gasteiger partial charge in [0.1, 0.15) is 17.1 Å². The average molecular weight is 399 g/mol. The molecule has 2 N–H and O–H groups in total. The molecule has 29 heavy (non-hydrogen) atoms. The van der Waals surface area contributed by atoms with Crippen LogP contribution in [0.1, 0.15) is 53.4 Å². The summed E-state index contributed by atoms with van der Waals surface area (Å²) < 4.78 is 16.9. The lowest BCUT2D eigenvalue weighted by molar-refractivity contribution is -0.122. The third-order valence-corrected chi connectivity index (χ3v) is 5.00. The molecule has 7 nitrogen and oxygen atoms in total. The lowest BCUT2D eigenvalue weighted by Gasteiger charge is -2.38. The fraction of sp³-hybridized carbons (Fsp3) is 0.364. The SMILES string of the molecule is COc1ccc2c(c1)C(NC(=O)c1cccc3c1COC3)CC(C)(C)O2.O=CO. The third-order valence-electron chi connectivity index (χ3n) is 5.00. The number of fused-ring (bicyclic) bond motifs is 2. The second-order valence-corrected chi connectivity index (χ2v) is 7.54. The molecule has 1 amide bonds. The minimum absolute atomic E-state index is 0.0798. The molecule has 2 aromatic rings. The summed E-state index contributed by atoms with van der Waals surface area (Å²) in [6, 6.07) is 11.4. The van der Waals surface area contributed by atoms with Gasteiger partial charge in [-0.1, -0.05) is 12.1 Å². The Morgan fingerprint density at radius 2 is 2.03 bits per heavy atom. The summed E-state index contributed by atoms with van der Waals surface area (Å²) in [5.41, 5.74) is 3.35. The van der Waals surface area contributed by atoms with Crippen molar-refractivity contribution < 1.29 is 28.9 Å². The maximum absolute atomic E-state index is 13.0. The molecule has 1 atom stereocenters. The molecule has 2 heterocycles. The van der Waals surface area contributed by atoms with E-state index in [4.69, 9.17) is 24.1 Å². The van der Waals surface area contributed by atoms with Gasteiger partial charge in [-0.25, -0.2) is 0 Å². The normalized spacial score (nSPS) is 18.2. The Bertz CT molecular complexity index is 908. The van der Waals surface area contributed by atoms with Gasteiger partial charge < -0.3 is 24.6 Å². The number of ether oxygens (including phenoxy) is 3. The second kappa shape index (κ2) is 8.53. The fourth-order valence-electron chi connectivity index (χ4n) is 3.74. The van der Waals surface area contributed by atoms with Crippen molar-refractivity contribution >= 4 is 12.4 Å². The first kappa shape index (κ1) is 20.7. The zero-order chi connectivity index (χ0) is 21.0. The first-order chi connectivity index (χ1) is 13.9. The first-order valence-electron chi connectivity index (χ1n) is 9.32. The minimum atomic E-state index is -0.360. The maximum atomic E-state index is 13.0. The first-order valence-corrected chi connectivity index (χ1v) is 9.32. The molecule has 7 heteroatoms. The largest absolute Gasteiger partial charge is 0.497 e. The number of hydrogen-bond acceptors (Lipinski definition) is 5. The molecule has 0 fully saturated rings. The Hall–Kier alpha value is -3.06. The van der Waals surface area contributed by atoms with Gasteiger partial charge in [-0.2, -0.15) is 0 Å². The summed E-state index contributed by atoms with van der Waals surface area (Å²) in [5, 5.41) is 10.1. The topological polar surface area (TPSA) is 94.1 Å². The van der Waals surface area contributed by atoms with Crippen molar-refractivity contribution in [2.45, 2.75) is 45.1 Å². The van der Waals surface area contributed by atoms with Gasteiger partial charge in [0.25, 0.3) is 12.4 Å². The highest BCUT2D eigenvalue weighted by Crippen LogP contribution is 2.41. The summed E-state index contributed by atoms with van der Waals surface area (Å²) in [6.07, 6.45) is 0.685. The van der Waals surface area contributed by atoms with E-state index in [1.807, 2.05) is 50.2 Å². The lowest BCUT2D eigenvalue weighted by atomic mass is 9.89. The summed E-state index contributed by atoms with van der Waals surface area (Å²) in [5.74, 6) is 1.46. The van der Waals surface area contributed by atoms with Gasteiger partial charge >= 0.3 is 0 Å². The van der Waals surface area contributed by atoms with Crippen molar-refractivity contribution in [3.05, 3.63) is 58.7 Å². The molecule has 2 aliphatic rings. The third kappa shape index (κ3) is 4.51. The Kier molecular flexibility index (Phi) is 6.08. The summed E-state index contributed by atoms with van der Waals surface area (Å²) in [4.78, 5) is 21.4. The molecule has 0 aliphatic carbocycles. The van der Waals surface area contributed by atoms with Crippen LogP contribution in [0.4, 0.5) is 0 Å². The van der Waals surface area contributed by atoms with Crippen molar-refractivity contribution in [3.63, 3.8) is 0 Å². The molecule has 0 saturated heterocycles. The van der Waals surface area contributed by atoms with Crippen LogP contribution in [0.3, 0.4) is 0 Å². The van der Waals surface area contributed by atoms with E-state index in [1.54, 1.807) is 7.11 Å². The summed E-state index contributed by atoms with van der Waals surface area (Å²) in [7, 11) is 1.64. The van der Waals surface area contributed by atoms with E-state index in [-0.39, 0.29) is 24.0 Å². The number of carbonyl (C=O) groups excluding carboxylic acids is 1. The van der Waals surface area contributed by atoms with Crippen LogP contribution >= 0.6 is 0 Å². The van der Waals surface area contributed by atoms with Crippen molar-refractivity contribution in [1.82, 2.24) is 5.32 Å². The standard InChI is InChI=1S/C21H23NO4.CH2O2/c1-21(2)10-18(16-9-14(24-3)7-8-19(16)26-21)22-20(23)15-6-4-5-13-11-25-12-17(13)15;2-1-3/h4-9,18H,10-12H2,1-3H3,(H,22,23);1H,(H,2,3). The molecule has 1 unspecified atom stereocenters. The number of amides is 1. The van der Waals surface area contributed by atoms with Crippen LogP contribution in [0.2, 0.25) is 0 Å². The van der Waals surface area contributed by atoms with Crippen LogP contribution in [-0.2, 0) is 22.7 Å². The quantitative estimate of drug-likeness (QED) is 0.768. The van der Waals surface area contributed by atoms with E-state index in [1.165, 1.54) is 0 Å². The Balaban J connectivity index is 0.000000755. The zero-order valence-corrected chi connectivity index (χ0v) is 16.7. The van der Waals surface area contributed by atoms with Crippen LogP contribution in [0.15, 0.2) is 36.4 Å². The monoisotopic (exact) mass is 399 g/mol. The van der Waals surface area contributed by atoms with Crippen molar-refractivity contribution in [2.75, 3.05) is 7.11 Å². The fourth-order valence-corrected chi connectivity index (χ4v) is 3.74. The number of methoxy groups -OCH3 is 1. The average Bonchev–Trinajstić information content (AvgIpc) is 3.16. The van der Waals surface area contributed by atoms with Gasteiger partial charge in [-0.3, -0.25) is 9.59 Å². The molecule has 0 saturated carbocycles. The molecule has 4 rings (SSSR count). The van der Waals surface area contributed by atoms with E-state index < -0.39 is 0 Å². The predicted molar refractivity (Wildman–Crippen MR) is 106 cm³/mol. The molecular weight excluding hydrogens is 374 g/mol. The van der Waals surface area contributed by atoms with Crippen molar-refractivity contribution in [1.29, 1.82) is 0 Å². The number of rotatable bonds is 3. The number of hydrogen-bond donors (Lipinski definition) is 2. The summed E-state index contributed by atoms with van der Waals surface area (Å²) >= 11 is 0. The van der Waals surface area contributed by atoms with Crippen LogP contribution in [0, 0.1) is 0 Å². The summed E-state index contributed by atoms with van der Waals surface area (Å²) in [6.45, 7) is 4.88. The van der Waals surface area contributed by atoms with Gasteiger partial charge in [0.05, 0.1) is 26.4 Å². The lowest BCUT2D eigenvalue weighted by Crippen LogP contribution is -2.41. The van der Waals surface area contributed by atoms with Gasteiger partial charge in [-0.15, -0.1) is 0 Å². The number of carboxylic acid groups (broad SMARTS) is 1. The maximum Gasteiger partial charge on any atom is 0.290 e. The highest BCUT2D eigenvalue weighted by atomic mass is 16.5. The number of nitrogens with one attached hydrogen (secondary N) is 1. The molecule has 0 spiro atoms. The number of carbonyl (C=O) groups is 2. The molecule has 154 valence electrons. The van der Waals surface area contributed by atoms with Gasteiger partial charge in [0, 0.05) is 17.5 Å². The van der Waals surface area contributed by atoms with E-state index in [9.17, 15) is 4.79 Å². The van der Waals surface area contributed by atoms with E-state index in [2.05, 4.69) is 5.32 Å². The molecule has 2 aliphatic heterocycles. The van der Waals surface area contributed by atoms with Gasteiger partial charge in [0.2, 0.25) is 0 Å². The van der Waals surface area contributed by atoms with Crippen molar-refractivity contribution in [2.24, 2.45) is 0 Å². The van der Waals surface area contributed by atoms with Crippen LogP contribution < -0.4 is 14.8 Å². The highest BCUT2D eigenvalue weighted by Gasteiger charge is 2.35. The molecule has 0 bridgehead atoms. The van der Waals surface area contributed by atoms with E-state index in [0.29, 0.717) is 25.2 Å². The Labute approximate surface area is 169 Å². The van der Waals surface area contributed by atoms with Gasteiger partial charge in [-0.05, 0) is 49.2 Å². The number of benzene rings is 2. The minimum Gasteiger partial charge on any atom is -0.497 e. The zero-order valence-electron chi connectivity index (χ0n) is 16.7. The smallest absolute Gasteiger partial charge is 0.290 e. The van der Waals surface area contributed by atoms with Crippen molar-refractivity contribution in [3.8, 4) is 11.5 Å².